The lowest BCUT2D eigenvalue weighted by Crippen LogP contribution is -2.46. The monoisotopic (exact) mass is 278 g/mol. The minimum atomic E-state index is -1.63. The van der Waals surface area contributed by atoms with Crippen LogP contribution in [-0.4, -0.2) is 80.9 Å². The molecule has 0 heterocycles. The van der Waals surface area contributed by atoms with Gasteiger partial charge in [0.25, 0.3) is 0 Å². The molecular weight excluding hydrogens is 252 g/mol. The van der Waals surface area contributed by atoms with Gasteiger partial charge in [0.1, 0.15) is 24.4 Å². The molecule has 0 spiro atoms. The number of nitrogens with zero attached hydrogens (tertiary/aromatic N) is 2. The van der Waals surface area contributed by atoms with E-state index in [-0.39, 0.29) is 0 Å². The van der Waals surface area contributed by atoms with Crippen molar-refractivity contribution in [2.24, 2.45) is 5.10 Å². The summed E-state index contributed by atoms with van der Waals surface area (Å²) in [6, 6.07) is 0. The fourth-order valence-electron chi connectivity index (χ4n) is 1.53. The normalized spacial score (nSPS) is 18.3. The second-order valence-electron chi connectivity index (χ2n) is 4.44. The summed E-state index contributed by atoms with van der Waals surface area (Å²) in [5.41, 5.74) is 0. The van der Waals surface area contributed by atoms with Gasteiger partial charge in [-0.1, -0.05) is 13.8 Å². The molecule has 0 aromatic heterocycles. The summed E-state index contributed by atoms with van der Waals surface area (Å²) in [4.78, 5) is 0. The molecule has 0 fully saturated rings. The summed E-state index contributed by atoms with van der Waals surface area (Å²) < 4.78 is 0. The number of aliphatic hydroxyl groups is 5. The summed E-state index contributed by atoms with van der Waals surface area (Å²) in [6.45, 7) is 4.78. The van der Waals surface area contributed by atoms with Crippen molar-refractivity contribution >= 4 is 6.21 Å². The molecule has 0 radical (unpaired) electrons. The molecule has 0 rings (SSSR count). The van der Waals surface area contributed by atoms with Crippen LogP contribution in [0.15, 0.2) is 5.10 Å². The van der Waals surface area contributed by atoms with Crippen molar-refractivity contribution in [1.82, 2.24) is 5.01 Å². The highest BCUT2D eigenvalue weighted by Gasteiger charge is 2.29. The molecule has 0 aromatic rings. The van der Waals surface area contributed by atoms with E-state index in [0.29, 0.717) is 0 Å². The molecule has 0 saturated heterocycles. The lowest BCUT2D eigenvalue weighted by molar-refractivity contribution is -0.100. The highest BCUT2D eigenvalue weighted by Crippen LogP contribution is 2.04. The van der Waals surface area contributed by atoms with Gasteiger partial charge >= 0.3 is 0 Å². The zero-order valence-electron chi connectivity index (χ0n) is 11.6. The quantitative estimate of drug-likeness (QED) is 0.246. The molecule has 0 bridgehead atoms. The minimum Gasteiger partial charge on any atom is -0.394 e. The van der Waals surface area contributed by atoms with E-state index in [1.54, 1.807) is 5.01 Å². The van der Waals surface area contributed by atoms with Gasteiger partial charge in [0.15, 0.2) is 0 Å². The summed E-state index contributed by atoms with van der Waals surface area (Å²) >= 11 is 0. The van der Waals surface area contributed by atoms with Gasteiger partial charge < -0.3 is 25.5 Å². The van der Waals surface area contributed by atoms with Gasteiger partial charge in [-0.15, -0.1) is 0 Å². The molecule has 0 aliphatic heterocycles. The number of rotatable bonds is 10. The highest BCUT2D eigenvalue weighted by molar-refractivity contribution is 5.63. The lowest BCUT2D eigenvalue weighted by atomic mass is 10.0. The van der Waals surface area contributed by atoms with Gasteiger partial charge in [0.2, 0.25) is 0 Å². The summed E-state index contributed by atoms with van der Waals surface area (Å²) in [5.74, 6) is 0. The van der Waals surface area contributed by atoms with Crippen LogP contribution in [-0.2, 0) is 0 Å². The van der Waals surface area contributed by atoms with Crippen LogP contribution in [0.4, 0.5) is 0 Å². The van der Waals surface area contributed by atoms with E-state index in [2.05, 4.69) is 5.10 Å². The Morgan fingerprint density at radius 1 is 1.00 bits per heavy atom. The Morgan fingerprint density at radius 3 is 1.95 bits per heavy atom. The molecule has 7 nitrogen and oxygen atoms in total. The third-order valence-corrected chi connectivity index (χ3v) is 2.63. The van der Waals surface area contributed by atoms with E-state index in [1.807, 2.05) is 13.8 Å². The van der Waals surface area contributed by atoms with E-state index in [9.17, 15) is 15.3 Å². The smallest absolute Gasteiger partial charge is 0.119 e. The molecule has 4 atom stereocenters. The third kappa shape index (κ3) is 6.84. The van der Waals surface area contributed by atoms with Crippen molar-refractivity contribution < 1.29 is 25.5 Å². The van der Waals surface area contributed by atoms with E-state index in [0.717, 1.165) is 32.1 Å². The Labute approximate surface area is 113 Å². The maximum Gasteiger partial charge on any atom is 0.119 e. The van der Waals surface area contributed by atoms with Gasteiger partial charge in [0, 0.05) is 13.1 Å². The molecule has 0 aliphatic rings. The zero-order chi connectivity index (χ0) is 14.8. The Kier molecular flexibility index (Phi) is 9.72. The molecule has 0 aromatic carbocycles. The van der Waals surface area contributed by atoms with Gasteiger partial charge in [0.05, 0.1) is 12.8 Å². The molecule has 0 unspecified atom stereocenters. The van der Waals surface area contributed by atoms with Crippen molar-refractivity contribution in [3.8, 4) is 0 Å². The van der Waals surface area contributed by atoms with Gasteiger partial charge in [-0.2, -0.15) is 5.10 Å². The number of hydrogen-bond acceptors (Lipinski definition) is 7. The van der Waals surface area contributed by atoms with E-state index in [1.165, 1.54) is 0 Å². The highest BCUT2D eigenvalue weighted by atomic mass is 16.4. The Bertz CT molecular complexity index is 246. The first-order valence-corrected chi connectivity index (χ1v) is 6.60. The molecular formula is C12H26N2O5. The van der Waals surface area contributed by atoms with E-state index >= 15 is 0 Å². The van der Waals surface area contributed by atoms with Crippen LogP contribution < -0.4 is 0 Å². The Morgan fingerprint density at radius 2 is 1.53 bits per heavy atom. The SMILES string of the molecule is CCCN(CCC)/N=C/[C@H](O)[C@@H](O)[C@@H](O)[C@H](O)CO. The predicted octanol–water partition coefficient (Wildman–Crippen LogP) is -1.47. The van der Waals surface area contributed by atoms with Crippen LogP contribution in [0.25, 0.3) is 0 Å². The lowest BCUT2D eigenvalue weighted by Gasteiger charge is -2.24. The number of hydrogen-bond donors (Lipinski definition) is 5. The van der Waals surface area contributed by atoms with Crippen LogP contribution in [0.5, 0.6) is 0 Å². The third-order valence-electron chi connectivity index (χ3n) is 2.63. The Hall–Kier alpha value is -0.730. The molecule has 0 aliphatic carbocycles. The van der Waals surface area contributed by atoms with Crippen LogP contribution in [0.2, 0.25) is 0 Å². The van der Waals surface area contributed by atoms with Crippen LogP contribution in [0.3, 0.4) is 0 Å². The first kappa shape index (κ1) is 18.3. The van der Waals surface area contributed by atoms with E-state index < -0.39 is 31.0 Å². The number of aliphatic hydroxyl groups excluding tert-OH is 5. The fraction of sp³-hybridized carbons (Fsp3) is 0.917. The average Bonchev–Trinajstić information content (AvgIpc) is 2.42. The van der Waals surface area contributed by atoms with Crippen molar-refractivity contribution in [3.63, 3.8) is 0 Å². The van der Waals surface area contributed by atoms with Crippen molar-refractivity contribution in [2.45, 2.75) is 51.1 Å². The standard InChI is InChI=1S/C12H26N2O5/c1-3-5-14(6-4-2)13-7-9(16)11(18)12(19)10(17)8-15/h7,9-12,15-19H,3-6,8H2,1-2H3/b13-7+/t9-,10+,11+,12-/m0/s1. The summed E-state index contributed by atoms with van der Waals surface area (Å²) in [7, 11) is 0. The van der Waals surface area contributed by atoms with Gasteiger partial charge in [-0.25, -0.2) is 0 Å². The zero-order valence-corrected chi connectivity index (χ0v) is 11.6. The largest absolute Gasteiger partial charge is 0.394 e. The summed E-state index contributed by atoms with van der Waals surface area (Å²) in [6.07, 6.45) is -3.20. The van der Waals surface area contributed by atoms with Crippen LogP contribution >= 0.6 is 0 Å². The first-order chi connectivity index (χ1) is 8.97. The van der Waals surface area contributed by atoms with Crippen molar-refractivity contribution in [3.05, 3.63) is 0 Å². The first-order valence-electron chi connectivity index (χ1n) is 6.60. The second kappa shape index (κ2) is 10.1. The molecule has 0 amide bonds. The maximum atomic E-state index is 9.64. The molecule has 114 valence electrons. The average molecular weight is 278 g/mol. The summed E-state index contributed by atoms with van der Waals surface area (Å²) in [5, 5.41) is 52.3. The fourth-order valence-corrected chi connectivity index (χ4v) is 1.53. The van der Waals surface area contributed by atoms with Crippen molar-refractivity contribution in [2.75, 3.05) is 19.7 Å². The van der Waals surface area contributed by atoms with Gasteiger partial charge in [-0.05, 0) is 12.8 Å². The molecule has 19 heavy (non-hydrogen) atoms. The topological polar surface area (TPSA) is 117 Å². The molecule has 5 N–H and O–H groups in total. The molecule has 0 saturated carbocycles. The van der Waals surface area contributed by atoms with Gasteiger partial charge in [-0.3, -0.25) is 5.01 Å². The Balaban J connectivity index is 4.42. The predicted molar refractivity (Wildman–Crippen MR) is 71.8 cm³/mol. The van der Waals surface area contributed by atoms with E-state index in [4.69, 9.17) is 10.2 Å². The van der Waals surface area contributed by atoms with Crippen LogP contribution in [0, 0.1) is 0 Å². The van der Waals surface area contributed by atoms with Crippen LogP contribution in [0.1, 0.15) is 26.7 Å². The van der Waals surface area contributed by atoms with Crippen molar-refractivity contribution in [1.29, 1.82) is 0 Å². The molecule has 7 heteroatoms. The minimum absolute atomic E-state index is 0.695. The second-order valence-corrected chi connectivity index (χ2v) is 4.44. The maximum absolute atomic E-state index is 9.64. The number of hydrazone groups is 1.